The van der Waals surface area contributed by atoms with Crippen molar-refractivity contribution in [2.45, 2.75) is 26.3 Å². The van der Waals surface area contributed by atoms with Crippen LogP contribution in [0, 0.1) is 23.0 Å². The molecule has 0 bridgehead atoms. The minimum atomic E-state index is -0.441. The lowest BCUT2D eigenvalue weighted by Crippen LogP contribution is -2.39. The summed E-state index contributed by atoms with van der Waals surface area (Å²) >= 11 is 0. The van der Waals surface area contributed by atoms with Crippen molar-refractivity contribution in [1.82, 2.24) is 14.5 Å². The molecule has 1 fully saturated rings. The number of nitrogens with zero attached hydrogens (tertiary/aromatic N) is 4. The van der Waals surface area contributed by atoms with Gasteiger partial charge in [-0.25, -0.2) is 4.98 Å². The van der Waals surface area contributed by atoms with Crippen molar-refractivity contribution in [2.24, 2.45) is 5.92 Å². The summed E-state index contributed by atoms with van der Waals surface area (Å²) in [4.78, 5) is 29.0. The van der Waals surface area contributed by atoms with Crippen LogP contribution in [0.15, 0.2) is 36.9 Å². The molecule has 1 aromatic carbocycles. The van der Waals surface area contributed by atoms with Gasteiger partial charge in [0.05, 0.1) is 11.3 Å². The Morgan fingerprint density at radius 3 is 2.75 bits per heavy atom. The molecule has 0 radical (unpaired) electrons. The second kappa shape index (κ2) is 6.82. The molecule has 2 heterocycles. The molecular formula is C17H20N4O3. The van der Waals surface area contributed by atoms with Gasteiger partial charge in [0.25, 0.3) is 11.6 Å². The zero-order valence-corrected chi connectivity index (χ0v) is 13.6. The van der Waals surface area contributed by atoms with Gasteiger partial charge < -0.3 is 9.47 Å². The lowest BCUT2D eigenvalue weighted by Gasteiger charge is -2.32. The van der Waals surface area contributed by atoms with Gasteiger partial charge in [0.1, 0.15) is 0 Å². The average Bonchev–Trinajstić information content (AvgIpc) is 3.08. The van der Waals surface area contributed by atoms with Crippen LogP contribution in [0.1, 0.15) is 28.8 Å². The molecule has 7 heteroatoms. The molecule has 2 aromatic rings. The topological polar surface area (TPSA) is 81.3 Å². The van der Waals surface area contributed by atoms with Crippen LogP contribution in [0.25, 0.3) is 0 Å². The van der Waals surface area contributed by atoms with E-state index in [2.05, 4.69) is 9.55 Å². The number of carbonyl (C=O) groups is 1. The van der Waals surface area contributed by atoms with E-state index in [4.69, 9.17) is 0 Å². The van der Waals surface area contributed by atoms with Crippen LogP contribution in [0.3, 0.4) is 0 Å². The zero-order valence-electron chi connectivity index (χ0n) is 13.6. The Labute approximate surface area is 140 Å². The molecule has 0 N–H and O–H groups in total. The summed E-state index contributed by atoms with van der Waals surface area (Å²) in [5, 5.41) is 11.0. The summed E-state index contributed by atoms with van der Waals surface area (Å²) < 4.78 is 2.06. The van der Waals surface area contributed by atoms with E-state index in [0.717, 1.165) is 19.4 Å². The Morgan fingerprint density at radius 2 is 2.12 bits per heavy atom. The van der Waals surface area contributed by atoms with Gasteiger partial charge >= 0.3 is 0 Å². The number of imidazole rings is 1. The highest BCUT2D eigenvalue weighted by Crippen LogP contribution is 2.23. The third-order valence-electron chi connectivity index (χ3n) is 4.58. The number of rotatable bonds is 4. The van der Waals surface area contributed by atoms with Gasteiger partial charge in [-0.1, -0.05) is 6.07 Å². The molecule has 24 heavy (non-hydrogen) atoms. The average molecular weight is 328 g/mol. The second-order valence-corrected chi connectivity index (χ2v) is 6.25. The molecule has 1 amide bonds. The summed E-state index contributed by atoms with van der Waals surface area (Å²) in [6.07, 6.45) is 7.38. The van der Waals surface area contributed by atoms with E-state index in [-0.39, 0.29) is 11.6 Å². The summed E-state index contributed by atoms with van der Waals surface area (Å²) in [7, 11) is 0. The number of nitro groups is 1. The Kier molecular flexibility index (Phi) is 4.59. The van der Waals surface area contributed by atoms with Gasteiger partial charge in [-0.3, -0.25) is 14.9 Å². The summed E-state index contributed by atoms with van der Waals surface area (Å²) in [6, 6.07) is 4.69. The highest BCUT2D eigenvalue weighted by atomic mass is 16.6. The van der Waals surface area contributed by atoms with Crippen LogP contribution in [0.5, 0.6) is 0 Å². The maximum atomic E-state index is 12.6. The monoisotopic (exact) mass is 328 g/mol. The van der Waals surface area contributed by atoms with E-state index >= 15 is 0 Å². The van der Waals surface area contributed by atoms with Crippen LogP contribution >= 0.6 is 0 Å². The molecular weight excluding hydrogens is 308 g/mol. The number of likely N-dealkylation sites (tertiary alicyclic amines) is 1. The molecule has 1 saturated heterocycles. The smallest absolute Gasteiger partial charge is 0.273 e. The Hall–Kier alpha value is -2.70. The van der Waals surface area contributed by atoms with Gasteiger partial charge in [-0.2, -0.15) is 0 Å². The van der Waals surface area contributed by atoms with Gasteiger partial charge in [0, 0.05) is 49.2 Å². The largest absolute Gasteiger partial charge is 0.339 e. The molecule has 0 saturated carbocycles. The van der Waals surface area contributed by atoms with Crippen molar-refractivity contribution in [3.05, 3.63) is 58.2 Å². The Bertz CT molecular complexity index is 734. The maximum Gasteiger partial charge on any atom is 0.273 e. The predicted octanol–water partition coefficient (Wildman–Crippen LogP) is 2.65. The molecule has 0 unspecified atom stereocenters. The number of aryl methyl sites for hydroxylation is 1. The number of amides is 1. The van der Waals surface area contributed by atoms with E-state index in [9.17, 15) is 14.9 Å². The molecule has 3 rings (SSSR count). The first-order valence-corrected chi connectivity index (χ1v) is 8.04. The first-order chi connectivity index (χ1) is 11.5. The summed E-state index contributed by atoms with van der Waals surface area (Å²) in [5.41, 5.74) is 0.951. The van der Waals surface area contributed by atoms with Crippen molar-refractivity contribution in [3.63, 3.8) is 0 Å². The van der Waals surface area contributed by atoms with Crippen LogP contribution in [-0.4, -0.2) is 38.4 Å². The Morgan fingerprint density at radius 1 is 1.38 bits per heavy atom. The van der Waals surface area contributed by atoms with Crippen LogP contribution in [0.4, 0.5) is 5.69 Å². The van der Waals surface area contributed by atoms with Gasteiger partial charge in [-0.05, 0) is 31.7 Å². The molecule has 1 aliphatic heterocycles. The van der Waals surface area contributed by atoms with Crippen molar-refractivity contribution in [1.29, 1.82) is 0 Å². The van der Waals surface area contributed by atoms with Crippen LogP contribution in [0.2, 0.25) is 0 Å². The Balaban J connectivity index is 1.63. The molecule has 0 spiro atoms. The number of benzene rings is 1. The molecule has 1 aromatic heterocycles. The fraction of sp³-hybridized carbons (Fsp3) is 0.412. The number of hydrogen-bond acceptors (Lipinski definition) is 4. The van der Waals surface area contributed by atoms with E-state index < -0.39 is 4.92 Å². The number of aromatic nitrogens is 2. The van der Waals surface area contributed by atoms with Gasteiger partial charge in [-0.15, -0.1) is 0 Å². The lowest BCUT2D eigenvalue weighted by atomic mass is 9.96. The number of carbonyl (C=O) groups excluding carboxylic acids is 1. The second-order valence-electron chi connectivity index (χ2n) is 6.25. The lowest BCUT2D eigenvalue weighted by molar-refractivity contribution is -0.385. The number of nitro benzene ring substituents is 1. The van der Waals surface area contributed by atoms with Crippen molar-refractivity contribution in [3.8, 4) is 0 Å². The first-order valence-electron chi connectivity index (χ1n) is 8.04. The van der Waals surface area contributed by atoms with Crippen molar-refractivity contribution >= 4 is 11.6 Å². The van der Waals surface area contributed by atoms with Crippen LogP contribution in [-0.2, 0) is 6.54 Å². The van der Waals surface area contributed by atoms with Crippen LogP contribution < -0.4 is 0 Å². The molecule has 126 valence electrons. The minimum absolute atomic E-state index is 0.00385. The summed E-state index contributed by atoms with van der Waals surface area (Å²) in [6.45, 7) is 3.95. The van der Waals surface area contributed by atoms with E-state index in [1.54, 1.807) is 30.2 Å². The summed E-state index contributed by atoms with van der Waals surface area (Å²) in [5.74, 6) is 0.398. The van der Waals surface area contributed by atoms with Crippen molar-refractivity contribution < 1.29 is 9.72 Å². The highest BCUT2D eigenvalue weighted by Gasteiger charge is 2.25. The van der Waals surface area contributed by atoms with Gasteiger partial charge in [0.15, 0.2) is 0 Å². The fourth-order valence-electron chi connectivity index (χ4n) is 3.13. The van der Waals surface area contributed by atoms with Crippen molar-refractivity contribution in [2.75, 3.05) is 13.1 Å². The first kappa shape index (κ1) is 16.2. The fourth-order valence-corrected chi connectivity index (χ4v) is 3.13. The number of hydrogen-bond donors (Lipinski definition) is 0. The molecule has 7 nitrogen and oxygen atoms in total. The SMILES string of the molecule is Cc1ccc(C(=O)N2CCC(Cn3ccnc3)CC2)cc1[N+](=O)[O-]. The highest BCUT2D eigenvalue weighted by molar-refractivity contribution is 5.95. The zero-order chi connectivity index (χ0) is 17.1. The third kappa shape index (κ3) is 3.45. The van der Waals surface area contributed by atoms with E-state index in [0.29, 0.717) is 30.1 Å². The molecule has 0 atom stereocenters. The quantitative estimate of drug-likeness (QED) is 0.638. The molecule has 1 aliphatic rings. The predicted molar refractivity (Wildman–Crippen MR) is 88.7 cm³/mol. The molecule has 0 aliphatic carbocycles. The van der Waals surface area contributed by atoms with Gasteiger partial charge in [0.2, 0.25) is 0 Å². The minimum Gasteiger partial charge on any atom is -0.339 e. The maximum absolute atomic E-state index is 12.6. The normalized spacial score (nSPS) is 15.5. The standard InChI is InChI=1S/C17H20N4O3/c1-13-2-3-15(10-16(13)21(23)24)17(22)20-7-4-14(5-8-20)11-19-9-6-18-12-19/h2-3,6,9-10,12,14H,4-5,7-8,11H2,1H3. The number of piperidine rings is 1. The van der Waals surface area contributed by atoms with E-state index in [1.807, 2.05) is 12.5 Å². The van der Waals surface area contributed by atoms with E-state index in [1.165, 1.54) is 6.07 Å². The third-order valence-corrected chi connectivity index (χ3v) is 4.58.